The second-order valence-electron chi connectivity index (χ2n) is 6.76. The van der Waals surface area contributed by atoms with Crippen molar-refractivity contribution in [2.45, 2.75) is 65.9 Å². The zero-order valence-electron chi connectivity index (χ0n) is 15.6. The van der Waals surface area contributed by atoms with Crippen LogP contribution in [0.2, 0.25) is 0 Å². The molecule has 0 aromatic carbocycles. The number of amides is 2. The molecule has 0 unspecified atom stereocenters. The number of carbonyl (C=O) groups is 3. The topological polar surface area (TPSA) is 87.2 Å². The highest BCUT2D eigenvalue weighted by Crippen LogP contribution is 2.10. The number of carboxylic acid groups (broad SMARTS) is 1. The third-order valence-electron chi connectivity index (χ3n) is 3.32. The van der Waals surface area contributed by atoms with E-state index in [1.165, 1.54) is 0 Å². The minimum absolute atomic E-state index is 0.263. The van der Waals surface area contributed by atoms with Gasteiger partial charge in [-0.05, 0) is 34.1 Å². The molecule has 7 heteroatoms. The molecule has 0 fully saturated rings. The lowest BCUT2D eigenvalue weighted by molar-refractivity contribution is -0.139. The van der Waals surface area contributed by atoms with E-state index < -0.39 is 24.2 Å². The van der Waals surface area contributed by atoms with Gasteiger partial charge in [0.2, 0.25) is 5.91 Å². The zero-order valence-corrected chi connectivity index (χ0v) is 15.6. The summed E-state index contributed by atoms with van der Waals surface area (Å²) in [4.78, 5) is 38.0. The fourth-order valence-corrected chi connectivity index (χ4v) is 2.13. The maximum atomic E-state index is 12.4. The van der Waals surface area contributed by atoms with E-state index in [0.29, 0.717) is 13.1 Å². The van der Waals surface area contributed by atoms with Crippen LogP contribution in [0.3, 0.4) is 0 Å². The Morgan fingerprint density at radius 3 is 2.04 bits per heavy atom. The van der Waals surface area contributed by atoms with Crippen LogP contribution in [0.1, 0.15) is 60.3 Å². The third-order valence-corrected chi connectivity index (χ3v) is 3.32. The van der Waals surface area contributed by atoms with Gasteiger partial charge in [0, 0.05) is 13.1 Å². The summed E-state index contributed by atoms with van der Waals surface area (Å²) in [5, 5.41) is 8.97. The molecule has 0 saturated heterocycles. The van der Waals surface area contributed by atoms with Crippen LogP contribution in [0, 0.1) is 0 Å². The second kappa shape index (κ2) is 10.9. The standard InChI is InChI=1S/C17H32N2O5/c1-6-8-9-10-11-18(7-2)14(20)12-19(13-15(21)22)16(23)24-17(3,4)5/h6-13H2,1-5H3,(H,21,22). The summed E-state index contributed by atoms with van der Waals surface area (Å²) < 4.78 is 5.18. The first-order valence-corrected chi connectivity index (χ1v) is 8.58. The van der Waals surface area contributed by atoms with Gasteiger partial charge in [-0.1, -0.05) is 26.2 Å². The molecule has 0 aliphatic carbocycles. The fraction of sp³-hybridized carbons (Fsp3) is 0.824. The van der Waals surface area contributed by atoms with E-state index in [0.717, 1.165) is 30.6 Å². The average molecular weight is 344 g/mol. The van der Waals surface area contributed by atoms with E-state index in [-0.39, 0.29) is 12.5 Å². The van der Waals surface area contributed by atoms with Gasteiger partial charge in [-0.2, -0.15) is 0 Å². The molecule has 140 valence electrons. The van der Waals surface area contributed by atoms with E-state index >= 15 is 0 Å². The summed E-state index contributed by atoms with van der Waals surface area (Å²) in [6, 6.07) is 0. The highest BCUT2D eigenvalue weighted by molar-refractivity contribution is 5.84. The lowest BCUT2D eigenvalue weighted by Crippen LogP contribution is -2.46. The molecule has 0 rings (SSSR count). The van der Waals surface area contributed by atoms with Crippen LogP contribution < -0.4 is 0 Å². The molecule has 0 saturated carbocycles. The van der Waals surface area contributed by atoms with Crippen molar-refractivity contribution in [3.63, 3.8) is 0 Å². The van der Waals surface area contributed by atoms with Crippen LogP contribution in [-0.4, -0.2) is 64.7 Å². The van der Waals surface area contributed by atoms with E-state index in [1.807, 2.05) is 6.92 Å². The maximum Gasteiger partial charge on any atom is 0.411 e. The van der Waals surface area contributed by atoms with Crippen molar-refractivity contribution in [1.82, 2.24) is 9.80 Å². The predicted octanol–water partition coefficient (Wildman–Crippen LogP) is 2.74. The highest BCUT2D eigenvalue weighted by atomic mass is 16.6. The maximum absolute atomic E-state index is 12.4. The number of nitrogens with zero attached hydrogens (tertiary/aromatic N) is 2. The Balaban J connectivity index is 4.76. The molecule has 24 heavy (non-hydrogen) atoms. The molecule has 0 aliphatic rings. The molecule has 0 heterocycles. The van der Waals surface area contributed by atoms with Gasteiger partial charge in [0.05, 0.1) is 0 Å². The molecule has 0 aromatic rings. The van der Waals surface area contributed by atoms with Gasteiger partial charge in [-0.25, -0.2) is 4.79 Å². The summed E-state index contributed by atoms with van der Waals surface area (Å²) in [7, 11) is 0. The summed E-state index contributed by atoms with van der Waals surface area (Å²) in [5.74, 6) is -1.44. The SMILES string of the molecule is CCCCCCN(CC)C(=O)CN(CC(=O)O)C(=O)OC(C)(C)C. The number of hydrogen-bond donors (Lipinski definition) is 1. The number of ether oxygens (including phenoxy) is 1. The Kier molecular flexibility index (Phi) is 10.1. The molecule has 0 aromatic heterocycles. The van der Waals surface area contributed by atoms with Gasteiger partial charge >= 0.3 is 12.1 Å². The van der Waals surface area contributed by atoms with Gasteiger partial charge in [0.15, 0.2) is 0 Å². The van der Waals surface area contributed by atoms with Crippen LogP contribution in [0.25, 0.3) is 0 Å². The summed E-state index contributed by atoms with van der Waals surface area (Å²) >= 11 is 0. The molecule has 0 radical (unpaired) electrons. The van der Waals surface area contributed by atoms with Gasteiger partial charge < -0.3 is 14.7 Å². The largest absolute Gasteiger partial charge is 0.480 e. The number of hydrogen-bond acceptors (Lipinski definition) is 4. The molecule has 7 nitrogen and oxygen atoms in total. The molecule has 0 spiro atoms. The Morgan fingerprint density at radius 1 is 0.958 bits per heavy atom. The summed E-state index contributed by atoms with van der Waals surface area (Å²) in [6.45, 7) is 9.36. The van der Waals surface area contributed by atoms with Crippen molar-refractivity contribution in [3.8, 4) is 0 Å². The average Bonchev–Trinajstić information content (AvgIpc) is 2.44. The van der Waals surface area contributed by atoms with E-state index in [9.17, 15) is 14.4 Å². The third kappa shape index (κ3) is 10.1. The van der Waals surface area contributed by atoms with Crippen LogP contribution in [-0.2, 0) is 14.3 Å². The zero-order chi connectivity index (χ0) is 18.8. The Hall–Kier alpha value is -1.79. The lowest BCUT2D eigenvalue weighted by Gasteiger charge is -2.28. The van der Waals surface area contributed by atoms with Crippen molar-refractivity contribution in [3.05, 3.63) is 0 Å². The smallest absolute Gasteiger partial charge is 0.411 e. The summed E-state index contributed by atoms with van der Waals surface area (Å²) in [5.41, 5.74) is -0.749. The molecule has 0 aliphatic heterocycles. The monoisotopic (exact) mass is 344 g/mol. The van der Waals surface area contributed by atoms with E-state index in [1.54, 1.807) is 25.7 Å². The normalized spacial score (nSPS) is 11.0. The number of carbonyl (C=O) groups excluding carboxylic acids is 2. The first-order chi connectivity index (χ1) is 11.1. The number of aliphatic carboxylic acids is 1. The van der Waals surface area contributed by atoms with Gasteiger partial charge in [0.25, 0.3) is 0 Å². The van der Waals surface area contributed by atoms with Crippen molar-refractivity contribution < 1.29 is 24.2 Å². The van der Waals surface area contributed by atoms with Crippen LogP contribution in [0.15, 0.2) is 0 Å². The molecular formula is C17H32N2O5. The van der Waals surface area contributed by atoms with Gasteiger partial charge in [-0.3, -0.25) is 14.5 Å². The number of carboxylic acids is 1. The second-order valence-corrected chi connectivity index (χ2v) is 6.76. The lowest BCUT2D eigenvalue weighted by atomic mass is 10.2. The predicted molar refractivity (Wildman–Crippen MR) is 91.8 cm³/mol. The molecule has 1 N–H and O–H groups in total. The highest BCUT2D eigenvalue weighted by Gasteiger charge is 2.27. The Morgan fingerprint density at radius 2 is 1.58 bits per heavy atom. The van der Waals surface area contributed by atoms with Crippen molar-refractivity contribution in [2.75, 3.05) is 26.2 Å². The molecule has 0 bridgehead atoms. The van der Waals surface area contributed by atoms with Crippen LogP contribution >= 0.6 is 0 Å². The quantitative estimate of drug-likeness (QED) is 0.616. The number of rotatable bonds is 10. The first-order valence-electron chi connectivity index (χ1n) is 8.58. The molecule has 0 atom stereocenters. The van der Waals surface area contributed by atoms with Crippen molar-refractivity contribution in [2.24, 2.45) is 0 Å². The van der Waals surface area contributed by atoms with Gasteiger partial charge in [-0.15, -0.1) is 0 Å². The fourth-order valence-electron chi connectivity index (χ4n) is 2.13. The van der Waals surface area contributed by atoms with Gasteiger partial charge in [0.1, 0.15) is 18.7 Å². The minimum Gasteiger partial charge on any atom is -0.480 e. The van der Waals surface area contributed by atoms with Crippen LogP contribution in [0.5, 0.6) is 0 Å². The Bertz CT molecular complexity index is 418. The number of unbranched alkanes of at least 4 members (excludes halogenated alkanes) is 3. The minimum atomic E-state index is -1.18. The molecule has 2 amide bonds. The number of likely N-dealkylation sites (N-methyl/N-ethyl adjacent to an activating group) is 1. The van der Waals surface area contributed by atoms with E-state index in [2.05, 4.69) is 6.92 Å². The Labute approximate surface area is 144 Å². The van der Waals surface area contributed by atoms with E-state index in [4.69, 9.17) is 9.84 Å². The summed E-state index contributed by atoms with van der Waals surface area (Å²) in [6.07, 6.45) is 3.39. The van der Waals surface area contributed by atoms with Crippen molar-refractivity contribution in [1.29, 1.82) is 0 Å². The molecular weight excluding hydrogens is 312 g/mol. The van der Waals surface area contributed by atoms with Crippen molar-refractivity contribution >= 4 is 18.0 Å². The first kappa shape index (κ1) is 22.2. The van der Waals surface area contributed by atoms with Crippen LogP contribution in [0.4, 0.5) is 4.79 Å².